The Kier molecular flexibility index (Phi) is 8.82. The Balaban J connectivity index is 1.30. The Labute approximate surface area is 248 Å². The molecule has 0 spiro atoms. The second-order valence-corrected chi connectivity index (χ2v) is 10.2. The van der Waals surface area contributed by atoms with E-state index in [0.717, 1.165) is 38.4 Å². The first-order valence-corrected chi connectivity index (χ1v) is 13.8. The van der Waals surface area contributed by atoms with Crippen LogP contribution < -0.4 is 29.7 Å². The van der Waals surface area contributed by atoms with Crippen LogP contribution in [-0.4, -0.2) is 67.8 Å². The summed E-state index contributed by atoms with van der Waals surface area (Å²) < 4.78 is 16.8. The number of nitrogens with one attached hydrogen (secondary N) is 2. The highest BCUT2D eigenvalue weighted by molar-refractivity contribution is 6.34. The zero-order chi connectivity index (χ0) is 28.9. The Morgan fingerprint density at radius 1 is 0.902 bits per heavy atom. The molecule has 3 aromatic carbocycles. The van der Waals surface area contributed by atoms with E-state index in [0.29, 0.717) is 50.4 Å². The number of halogens is 2. The van der Waals surface area contributed by atoms with Crippen LogP contribution in [0, 0.1) is 0 Å². The third-order valence-electron chi connectivity index (χ3n) is 6.87. The number of urea groups is 1. The summed E-state index contributed by atoms with van der Waals surface area (Å²) in [5.41, 5.74) is 2.58. The molecule has 4 aromatic rings. The molecule has 0 bridgehead atoms. The van der Waals surface area contributed by atoms with Crippen LogP contribution in [0.15, 0.2) is 54.9 Å². The summed E-state index contributed by atoms with van der Waals surface area (Å²) in [6.45, 7) is 6.82. The normalized spacial score (nSPS) is 13.6. The zero-order valence-electron chi connectivity index (χ0n) is 22.9. The number of benzene rings is 3. The summed E-state index contributed by atoms with van der Waals surface area (Å²) in [4.78, 5) is 26.2. The fourth-order valence-electron chi connectivity index (χ4n) is 4.68. The van der Waals surface area contributed by atoms with Gasteiger partial charge in [-0.05, 0) is 42.9 Å². The van der Waals surface area contributed by atoms with Crippen molar-refractivity contribution in [3.05, 3.63) is 64.9 Å². The van der Waals surface area contributed by atoms with Crippen LogP contribution in [0.1, 0.15) is 6.92 Å². The number of carbonyl (C=O) groups is 1. The maximum absolute atomic E-state index is 13.0. The van der Waals surface area contributed by atoms with Crippen molar-refractivity contribution >= 4 is 57.2 Å². The lowest BCUT2D eigenvalue weighted by Gasteiger charge is -2.36. The van der Waals surface area contributed by atoms with Crippen LogP contribution in [-0.2, 0) is 0 Å². The van der Waals surface area contributed by atoms with Gasteiger partial charge in [0.15, 0.2) is 11.5 Å². The molecular weight excluding hydrogens is 567 g/mol. The number of hydrogen-bond acceptors (Lipinski definition) is 8. The van der Waals surface area contributed by atoms with Crippen LogP contribution in [0.2, 0.25) is 10.0 Å². The monoisotopic (exact) mass is 596 g/mol. The van der Waals surface area contributed by atoms with Gasteiger partial charge in [0.1, 0.15) is 12.1 Å². The van der Waals surface area contributed by atoms with Gasteiger partial charge in [0.2, 0.25) is 5.88 Å². The molecule has 12 heteroatoms. The smallest absolute Gasteiger partial charge is 0.323 e. The number of methoxy groups -OCH3 is 2. The van der Waals surface area contributed by atoms with Crippen molar-refractivity contribution < 1.29 is 19.0 Å². The molecule has 214 valence electrons. The van der Waals surface area contributed by atoms with Gasteiger partial charge in [-0.25, -0.2) is 14.8 Å². The molecule has 0 radical (unpaired) electrons. The first-order valence-electron chi connectivity index (χ1n) is 13.1. The molecule has 0 atom stereocenters. The SMILES string of the molecule is CCN1CCN(c2ccc(Cl)cc2NC(=O)Nc2ccc(Oc3ncnc4cc(OC)c(OC)cc34)cc2Cl)CC1. The fourth-order valence-corrected chi connectivity index (χ4v) is 5.07. The van der Waals surface area contributed by atoms with E-state index in [2.05, 4.69) is 37.3 Å². The van der Waals surface area contributed by atoms with Crippen molar-refractivity contribution in [1.82, 2.24) is 14.9 Å². The number of rotatable bonds is 8. The van der Waals surface area contributed by atoms with Crippen molar-refractivity contribution in [2.45, 2.75) is 6.92 Å². The molecule has 5 rings (SSSR count). The van der Waals surface area contributed by atoms with Crippen molar-refractivity contribution in [3.63, 3.8) is 0 Å². The Hall–Kier alpha value is -3.99. The number of hydrogen-bond donors (Lipinski definition) is 2. The van der Waals surface area contributed by atoms with Gasteiger partial charge in [-0.3, -0.25) is 0 Å². The van der Waals surface area contributed by atoms with Gasteiger partial charge < -0.3 is 34.6 Å². The largest absolute Gasteiger partial charge is 0.493 e. The van der Waals surface area contributed by atoms with E-state index in [1.807, 2.05) is 12.1 Å². The van der Waals surface area contributed by atoms with Gasteiger partial charge >= 0.3 is 6.03 Å². The molecule has 2 heterocycles. The minimum absolute atomic E-state index is 0.289. The minimum Gasteiger partial charge on any atom is -0.493 e. The van der Waals surface area contributed by atoms with Crippen LogP contribution in [0.25, 0.3) is 10.9 Å². The number of likely N-dealkylation sites (N-methyl/N-ethyl adjacent to an activating group) is 1. The summed E-state index contributed by atoms with van der Waals surface area (Å²) in [5, 5.41) is 7.19. The molecule has 1 saturated heterocycles. The van der Waals surface area contributed by atoms with E-state index in [1.54, 1.807) is 50.6 Å². The highest BCUT2D eigenvalue weighted by Gasteiger charge is 2.20. The number of anilines is 3. The van der Waals surface area contributed by atoms with E-state index in [1.165, 1.54) is 6.33 Å². The lowest BCUT2D eigenvalue weighted by molar-refractivity contribution is 0.262. The maximum Gasteiger partial charge on any atom is 0.323 e. The number of amides is 2. The number of ether oxygens (including phenoxy) is 3. The molecule has 2 N–H and O–H groups in total. The Morgan fingerprint density at radius 2 is 1.63 bits per heavy atom. The van der Waals surface area contributed by atoms with Gasteiger partial charge in [0.25, 0.3) is 0 Å². The third kappa shape index (κ3) is 6.51. The number of aromatic nitrogens is 2. The average Bonchev–Trinajstić information content (AvgIpc) is 2.98. The van der Waals surface area contributed by atoms with E-state index < -0.39 is 6.03 Å². The second kappa shape index (κ2) is 12.7. The zero-order valence-corrected chi connectivity index (χ0v) is 24.4. The number of piperazine rings is 1. The molecule has 0 aliphatic carbocycles. The molecule has 0 unspecified atom stereocenters. The molecule has 1 aliphatic heterocycles. The van der Waals surface area contributed by atoms with Crippen LogP contribution in [0.4, 0.5) is 21.9 Å². The van der Waals surface area contributed by atoms with Crippen LogP contribution in [0.5, 0.6) is 23.1 Å². The summed E-state index contributed by atoms with van der Waals surface area (Å²) in [6.07, 6.45) is 1.40. The molecule has 10 nitrogen and oxygen atoms in total. The first-order chi connectivity index (χ1) is 19.9. The predicted octanol–water partition coefficient (Wildman–Crippen LogP) is 6.53. The second-order valence-electron chi connectivity index (χ2n) is 9.31. The molecule has 1 fully saturated rings. The Morgan fingerprint density at radius 3 is 2.34 bits per heavy atom. The van der Waals surface area contributed by atoms with E-state index in [9.17, 15) is 4.79 Å². The molecule has 0 saturated carbocycles. The lowest BCUT2D eigenvalue weighted by atomic mass is 10.2. The van der Waals surface area contributed by atoms with Crippen molar-refractivity contribution in [2.75, 3.05) is 62.5 Å². The number of carbonyl (C=O) groups excluding carboxylic acids is 1. The summed E-state index contributed by atoms with van der Waals surface area (Å²) >= 11 is 12.8. The number of fused-ring (bicyclic) bond motifs is 1. The lowest BCUT2D eigenvalue weighted by Crippen LogP contribution is -2.46. The topological polar surface area (TPSA) is 101 Å². The van der Waals surface area contributed by atoms with Crippen molar-refractivity contribution in [1.29, 1.82) is 0 Å². The van der Waals surface area contributed by atoms with Gasteiger partial charge in [-0.1, -0.05) is 30.1 Å². The average molecular weight is 598 g/mol. The maximum atomic E-state index is 13.0. The van der Waals surface area contributed by atoms with Gasteiger partial charge in [0.05, 0.1) is 47.2 Å². The molecular formula is C29H30Cl2N6O4. The van der Waals surface area contributed by atoms with E-state index in [4.69, 9.17) is 37.4 Å². The summed E-state index contributed by atoms with van der Waals surface area (Å²) in [7, 11) is 3.11. The Bertz CT molecular complexity index is 1560. The van der Waals surface area contributed by atoms with Crippen molar-refractivity contribution in [2.24, 2.45) is 0 Å². The van der Waals surface area contributed by atoms with E-state index >= 15 is 0 Å². The first kappa shape index (κ1) is 28.5. The van der Waals surface area contributed by atoms with Crippen LogP contribution >= 0.6 is 23.2 Å². The highest BCUT2D eigenvalue weighted by Crippen LogP contribution is 2.37. The van der Waals surface area contributed by atoms with Gasteiger partial charge in [-0.15, -0.1) is 0 Å². The van der Waals surface area contributed by atoms with Crippen LogP contribution in [0.3, 0.4) is 0 Å². The van der Waals surface area contributed by atoms with Crippen molar-refractivity contribution in [3.8, 4) is 23.1 Å². The predicted molar refractivity (Wildman–Crippen MR) is 163 cm³/mol. The molecule has 41 heavy (non-hydrogen) atoms. The summed E-state index contributed by atoms with van der Waals surface area (Å²) in [6, 6.07) is 13.5. The quantitative estimate of drug-likeness (QED) is 0.237. The fraction of sp³-hybridized carbons (Fsp3) is 0.276. The van der Waals surface area contributed by atoms with Gasteiger partial charge in [0, 0.05) is 43.3 Å². The molecule has 1 aromatic heterocycles. The molecule has 1 aliphatic rings. The van der Waals surface area contributed by atoms with Gasteiger partial charge in [-0.2, -0.15) is 0 Å². The number of nitrogens with zero attached hydrogens (tertiary/aromatic N) is 4. The highest BCUT2D eigenvalue weighted by atomic mass is 35.5. The summed E-state index contributed by atoms with van der Waals surface area (Å²) in [5.74, 6) is 1.82. The third-order valence-corrected chi connectivity index (χ3v) is 7.42. The molecule has 2 amide bonds. The standard InChI is InChI=1S/C29H30Cl2N6O4/c1-4-36-9-11-37(12-10-36)25-8-5-18(30)13-24(25)35-29(38)34-22-7-6-19(14-21(22)31)41-28-20-15-26(39-2)27(40-3)16-23(20)32-17-33-28/h5-8,13-17H,4,9-12H2,1-3H3,(H2,34,35,38). The minimum atomic E-state index is -0.445. The van der Waals surface area contributed by atoms with E-state index in [-0.39, 0.29) is 5.02 Å².